The van der Waals surface area contributed by atoms with Crippen LogP contribution in [0.25, 0.3) is 0 Å². The molecule has 164 valence electrons. The topological polar surface area (TPSA) is 52.6 Å². The van der Waals surface area contributed by atoms with Crippen molar-refractivity contribution in [2.24, 2.45) is 0 Å². The highest BCUT2D eigenvalue weighted by Crippen LogP contribution is 2.16. The van der Waals surface area contributed by atoms with Crippen LogP contribution in [-0.2, 0) is 9.47 Å². The summed E-state index contributed by atoms with van der Waals surface area (Å²) in [7, 11) is 0. The average molecular weight is 405 g/mol. The maximum atomic E-state index is 12.6. The second kappa shape index (κ2) is 16.0. The van der Waals surface area contributed by atoms with Crippen molar-refractivity contribution in [1.29, 1.82) is 0 Å². The van der Waals surface area contributed by atoms with Crippen LogP contribution >= 0.6 is 0 Å². The quantitative estimate of drug-likeness (QED) is 0.218. The molecule has 0 amide bonds. The van der Waals surface area contributed by atoms with E-state index < -0.39 is 11.9 Å². The van der Waals surface area contributed by atoms with E-state index in [-0.39, 0.29) is 11.7 Å². The van der Waals surface area contributed by atoms with Gasteiger partial charge in [-0.15, -0.1) is 0 Å². The lowest BCUT2D eigenvalue weighted by molar-refractivity contribution is 0.0307. The number of benzene rings is 1. The van der Waals surface area contributed by atoms with Gasteiger partial charge in [0.25, 0.3) is 0 Å². The summed E-state index contributed by atoms with van der Waals surface area (Å²) in [6.45, 7) is 6.69. The first-order chi connectivity index (χ1) is 14.1. The molecule has 0 saturated carbocycles. The number of carbonyl (C=O) groups excluding carboxylic acids is 2. The summed E-state index contributed by atoms with van der Waals surface area (Å²) < 4.78 is 10.9. The van der Waals surface area contributed by atoms with Crippen LogP contribution in [0.5, 0.6) is 0 Å². The zero-order valence-electron chi connectivity index (χ0n) is 18.7. The highest BCUT2D eigenvalue weighted by atomic mass is 16.5. The molecule has 1 aromatic carbocycles. The molecule has 0 fully saturated rings. The SMILES string of the molecule is CCCCCCCCC(C)OC(=O)c1ccccc1C(=O)OCCCCCCC. The molecule has 29 heavy (non-hydrogen) atoms. The van der Waals surface area contributed by atoms with Gasteiger partial charge >= 0.3 is 11.9 Å². The van der Waals surface area contributed by atoms with Crippen molar-refractivity contribution in [3.63, 3.8) is 0 Å². The van der Waals surface area contributed by atoms with Crippen molar-refractivity contribution < 1.29 is 19.1 Å². The fourth-order valence-corrected chi connectivity index (χ4v) is 3.30. The van der Waals surface area contributed by atoms with Crippen LogP contribution in [-0.4, -0.2) is 24.6 Å². The van der Waals surface area contributed by atoms with E-state index in [1.165, 1.54) is 44.9 Å². The molecule has 1 unspecified atom stereocenters. The zero-order chi connectivity index (χ0) is 21.3. The van der Waals surface area contributed by atoms with Gasteiger partial charge in [-0.1, -0.05) is 83.8 Å². The first-order valence-electron chi connectivity index (χ1n) is 11.6. The molecule has 0 spiro atoms. The summed E-state index contributed by atoms with van der Waals surface area (Å²) >= 11 is 0. The van der Waals surface area contributed by atoms with Crippen LogP contribution in [0.2, 0.25) is 0 Å². The highest BCUT2D eigenvalue weighted by Gasteiger charge is 2.20. The van der Waals surface area contributed by atoms with Gasteiger partial charge in [-0.2, -0.15) is 0 Å². The number of esters is 2. The van der Waals surface area contributed by atoms with E-state index in [1.54, 1.807) is 24.3 Å². The van der Waals surface area contributed by atoms with Crippen molar-refractivity contribution in [2.45, 2.75) is 104 Å². The third-order valence-electron chi connectivity index (χ3n) is 5.12. The molecule has 4 nitrogen and oxygen atoms in total. The third kappa shape index (κ3) is 11.1. The van der Waals surface area contributed by atoms with Crippen molar-refractivity contribution in [3.8, 4) is 0 Å². The maximum absolute atomic E-state index is 12.6. The Balaban J connectivity index is 2.44. The molecule has 0 saturated heterocycles. The molecule has 0 N–H and O–H groups in total. The molecular formula is C25H40O4. The molecule has 0 aliphatic carbocycles. The smallest absolute Gasteiger partial charge is 0.339 e. The summed E-state index contributed by atoms with van der Waals surface area (Å²) in [5.74, 6) is -0.893. The van der Waals surface area contributed by atoms with Crippen molar-refractivity contribution in [3.05, 3.63) is 35.4 Å². The molecular weight excluding hydrogens is 364 g/mol. The summed E-state index contributed by atoms with van der Waals surface area (Å²) in [5, 5.41) is 0. The van der Waals surface area contributed by atoms with Crippen LogP contribution in [0, 0.1) is 0 Å². The average Bonchev–Trinajstić information content (AvgIpc) is 2.73. The number of hydrogen-bond donors (Lipinski definition) is 0. The first-order valence-corrected chi connectivity index (χ1v) is 11.6. The van der Waals surface area contributed by atoms with E-state index in [4.69, 9.17) is 9.47 Å². The minimum atomic E-state index is -0.448. The van der Waals surface area contributed by atoms with Crippen molar-refractivity contribution >= 4 is 11.9 Å². The Hall–Kier alpha value is -1.84. The Kier molecular flexibility index (Phi) is 13.9. The van der Waals surface area contributed by atoms with E-state index in [9.17, 15) is 9.59 Å². The molecule has 0 aromatic heterocycles. The van der Waals surface area contributed by atoms with E-state index >= 15 is 0 Å². The lowest BCUT2D eigenvalue weighted by atomic mass is 10.1. The largest absolute Gasteiger partial charge is 0.462 e. The van der Waals surface area contributed by atoms with Gasteiger partial charge in [0.15, 0.2) is 0 Å². The molecule has 0 aliphatic rings. The van der Waals surface area contributed by atoms with Crippen LogP contribution in [0.3, 0.4) is 0 Å². The number of carbonyl (C=O) groups is 2. The van der Waals surface area contributed by atoms with Crippen molar-refractivity contribution in [2.75, 3.05) is 6.61 Å². The van der Waals surface area contributed by atoms with Gasteiger partial charge < -0.3 is 9.47 Å². The molecule has 4 heteroatoms. The molecule has 0 aliphatic heterocycles. The van der Waals surface area contributed by atoms with Gasteiger partial charge in [0.1, 0.15) is 0 Å². The summed E-state index contributed by atoms with van der Waals surface area (Å²) in [5.41, 5.74) is 0.580. The molecule has 0 heterocycles. The summed E-state index contributed by atoms with van der Waals surface area (Å²) in [6.07, 6.45) is 13.4. The van der Waals surface area contributed by atoms with Gasteiger partial charge in [-0.25, -0.2) is 9.59 Å². The molecule has 0 radical (unpaired) electrons. The van der Waals surface area contributed by atoms with E-state index in [0.29, 0.717) is 12.2 Å². The fourth-order valence-electron chi connectivity index (χ4n) is 3.30. The number of rotatable bonds is 16. The lowest BCUT2D eigenvalue weighted by Gasteiger charge is -2.15. The third-order valence-corrected chi connectivity index (χ3v) is 5.12. The van der Waals surface area contributed by atoms with Crippen LogP contribution in [0.1, 0.15) is 119 Å². The second-order valence-corrected chi connectivity index (χ2v) is 7.87. The molecule has 1 aromatic rings. The van der Waals surface area contributed by atoms with Gasteiger partial charge in [-0.05, 0) is 38.3 Å². The van der Waals surface area contributed by atoms with Gasteiger partial charge in [0, 0.05) is 0 Å². The van der Waals surface area contributed by atoms with Gasteiger partial charge in [0.2, 0.25) is 0 Å². The monoisotopic (exact) mass is 404 g/mol. The van der Waals surface area contributed by atoms with E-state index in [0.717, 1.165) is 32.1 Å². The highest BCUT2D eigenvalue weighted by molar-refractivity contribution is 6.03. The minimum absolute atomic E-state index is 0.156. The Bertz CT molecular complexity index is 582. The number of ether oxygens (including phenoxy) is 2. The summed E-state index contributed by atoms with van der Waals surface area (Å²) in [4.78, 5) is 25.0. The number of hydrogen-bond acceptors (Lipinski definition) is 4. The minimum Gasteiger partial charge on any atom is -0.462 e. The summed E-state index contributed by atoms with van der Waals surface area (Å²) in [6, 6.07) is 6.76. The van der Waals surface area contributed by atoms with Gasteiger partial charge in [-0.3, -0.25) is 0 Å². The molecule has 1 rings (SSSR count). The Morgan fingerprint density at radius 2 is 1.28 bits per heavy atom. The predicted octanol–water partition coefficient (Wildman–Crippen LogP) is 7.11. The lowest BCUT2D eigenvalue weighted by Crippen LogP contribution is -2.19. The second-order valence-electron chi connectivity index (χ2n) is 7.87. The van der Waals surface area contributed by atoms with Crippen LogP contribution in [0.15, 0.2) is 24.3 Å². The first kappa shape index (κ1) is 25.2. The standard InChI is InChI=1S/C25H40O4/c1-4-6-8-10-11-13-17-21(3)29-25(27)23-19-15-14-18-22(23)24(26)28-20-16-12-9-7-5-2/h14-15,18-19,21H,4-13,16-17,20H2,1-3H3. The fraction of sp³-hybridized carbons (Fsp3) is 0.680. The predicted molar refractivity (Wildman–Crippen MR) is 118 cm³/mol. The Morgan fingerprint density at radius 3 is 1.90 bits per heavy atom. The molecule has 1 atom stereocenters. The maximum Gasteiger partial charge on any atom is 0.339 e. The Labute approximate surface area is 177 Å². The van der Waals surface area contributed by atoms with Crippen LogP contribution < -0.4 is 0 Å². The van der Waals surface area contributed by atoms with E-state index in [1.807, 2.05) is 6.92 Å². The van der Waals surface area contributed by atoms with E-state index in [2.05, 4.69) is 13.8 Å². The number of unbranched alkanes of at least 4 members (excludes halogenated alkanes) is 9. The normalized spacial score (nSPS) is 11.8. The van der Waals surface area contributed by atoms with Crippen LogP contribution in [0.4, 0.5) is 0 Å². The zero-order valence-corrected chi connectivity index (χ0v) is 18.7. The molecule has 0 bridgehead atoms. The van der Waals surface area contributed by atoms with Crippen molar-refractivity contribution in [1.82, 2.24) is 0 Å². The van der Waals surface area contributed by atoms with Gasteiger partial charge in [0.05, 0.1) is 23.8 Å². The Morgan fingerprint density at radius 1 is 0.759 bits per heavy atom.